The number of hydrogen-bond acceptors (Lipinski definition) is 2. The molecule has 0 saturated carbocycles. The van der Waals surface area contributed by atoms with Gasteiger partial charge in [0.1, 0.15) is 5.82 Å². The predicted octanol–water partition coefficient (Wildman–Crippen LogP) is 3.25. The molecule has 3 aromatic rings. The van der Waals surface area contributed by atoms with Crippen molar-refractivity contribution in [2.75, 3.05) is 5.88 Å². The number of hydrogen-bond donors (Lipinski definition) is 0. The summed E-state index contributed by atoms with van der Waals surface area (Å²) in [5, 5.41) is 4.91. The number of para-hydroxylation sites is 1. The fourth-order valence-electron chi connectivity index (χ4n) is 2.37. The maximum Gasteiger partial charge on any atom is 0.111 e. The molecule has 0 spiro atoms. The lowest BCUT2D eigenvalue weighted by Crippen LogP contribution is -2.05. The van der Waals surface area contributed by atoms with Gasteiger partial charge in [-0.1, -0.05) is 17.7 Å². The van der Waals surface area contributed by atoms with E-state index in [1.165, 1.54) is 0 Å². The summed E-state index contributed by atoms with van der Waals surface area (Å²) in [7, 11) is 1.90. The van der Waals surface area contributed by atoms with Crippen LogP contribution in [0.4, 0.5) is 0 Å². The Kier molecular flexibility index (Phi) is 3.68. The maximum absolute atomic E-state index is 6.33. The Balaban J connectivity index is 2.12. The number of aromatic nitrogens is 4. The second kappa shape index (κ2) is 5.46. The van der Waals surface area contributed by atoms with Crippen LogP contribution < -0.4 is 0 Å². The fraction of sp³-hybridized carbons (Fsp3) is 0.286. The second-order valence-electron chi connectivity index (χ2n) is 4.68. The number of halogens is 2. The lowest BCUT2D eigenvalue weighted by molar-refractivity contribution is 0.747. The molecule has 2 heterocycles. The predicted molar refractivity (Wildman–Crippen MR) is 81.5 cm³/mol. The Labute approximate surface area is 126 Å². The number of aryl methyl sites for hydroxylation is 2. The highest BCUT2D eigenvalue weighted by Gasteiger charge is 2.13. The summed E-state index contributed by atoms with van der Waals surface area (Å²) in [4.78, 5) is 4.63. The highest BCUT2D eigenvalue weighted by Crippen LogP contribution is 2.25. The summed E-state index contributed by atoms with van der Waals surface area (Å²) in [6.45, 7) is 0.695. The van der Waals surface area contributed by atoms with Crippen molar-refractivity contribution >= 4 is 34.2 Å². The van der Waals surface area contributed by atoms with Gasteiger partial charge >= 0.3 is 0 Å². The van der Waals surface area contributed by atoms with Gasteiger partial charge in [-0.15, -0.1) is 11.6 Å². The van der Waals surface area contributed by atoms with Crippen LogP contribution in [0.5, 0.6) is 0 Å². The molecule has 0 atom stereocenters. The Hall–Kier alpha value is -1.52. The number of imidazole rings is 1. The zero-order valence-electron chi connectivity index (χ0n) is 11.1. The minimum atomic E-state index is 0.536. The highest BCUT2D eigenvalue weighted by molar-refractivity contribution is 6.35. The molecule has 104 valence electrons. The van der Waals surface area contributed by atoms with Gasteiger partial charge in [0.05, 0.1) is 28.8 Å². The Morgan fingerprint density at radius 1 is 1.30 bits per heavy atom. The third kappa shape index (κ3) is 2.41. The molecule has 20 heavy (non-hydrogen) atoms. The molecule has 0 fully saturated rings. The van der Waals surface area contributed by atoms with Crippen LogP contribution in [0.1, 0.15) is 11.4 Å². The molecule has 0 saturated heterocycles. The third-order valence-electron chi connectivity index (χ3n) is 3.21. The molecule has 0 radical (unpaired) electrons. The summed E-state index contributed by atoms with van der Waals surface area (Å²) in [6.07, 6.45) is 4.56. The lowest BCUT2D eigenvalue weighted by Gasteiger charge is -2.07. The largest absolute Gasteiger partial charge is 0.322 e. The zero-order chi connectivity index (χ0) is 14.1. The molecule has 0 bridgehead atoms. The van der Waals surface area contributed by atoms with Gasteiger partial charge < -0.3 is 4.57 Å². The average molecular weight is 309 g/mol. The zero-order valence-corrected chi connectivity index (χ0v) is 12.6. The summed E-state index contributed by atoms with van der Waals surface area (Å²) >= 11 is 12.2. The van der Waals surface area contributed by atoms with Crippen molar-refractivity contribution in [1.29, 1.82) is 0 Å². The van der Waals surface area contributed by atoms with Crippen LogP contribution in [0.2, 0.25) is 5.02 Å². The third-order valence-corrected chi connectivity index (χ3v) is 3.71. The summed E-state index contributed by atoms with van der Waals surface area (Å²) < 4.78 is 3.91. The summed E-state index contributed by atoms with van der Waals surface area (Å²) in [5.74, 6) is 1.49. The first-order valence-electron chi connectivity index (χ1n) is 6.36. The molecule has 0 aliphatic heterocycles. The first-order chi connectivity index (χ1) is 9.69. The van der Waals surface area contributed by atoms with Crippen molar-refractivity contribution in [1.82, 2.24) is 19.3 Å². The normalized spacial score (nSPS) is 11.3. The van der Waals surface area contributed by atoms with Crippen LogP contribution >= 0.6 is 23.2 Å². The lowest BCUT2D eigenvalue weighted by atomic mass is 10.3. The molecule has 2 aromatic heterocycles. The Morgan fingerprint density at radius 2 is 2.15 bits per heavy atom. The van der Waals surface area contributed by atoms with Crippen LogP contribution in [-0.4, -0.2) is 25.2 Å². The van der Waals surface area contributed by atoms with Gasteiger partial charge in [-0.2, -0.15) is 5.10 Å². The first-order valence-corrected chi connectivity index (χ1v) is 7.27. The van der Waals surface area contributed by atoms with E-state index >= 15 is 0 Å². The maximum atomic E-state index is 6.33. The Bertz CT molecular complexity index is 745. The van der Waals surface area contributed by atoms with Crippen molar-refractivity contribution in [3.05, 3.63) is 47.0 Å². The Morgan fingerprint density at radius 3 is 2.85 bits per heavy atom. The van der Waals surface area contributed by atoms with E-state index in [1.54, 1.807) is 4.68 Å². The van der Waals surface area contributed by atoms with Crippen molar-refractivity contribution in [3.8, 4) is 0 Å². The van der Waals surface area contributed by atoms with Crippen LogP contribution in [0.15, 0.2) is 30.6 Å². The van der Waals surface area contributed by atoms with E-state index < -0.39 is 0 Å². The van der Waals surface area contributed by atoms with E-state index in [1.807, 2.05) is 37.6 Å². The molecule has 4 nitrogen and oxygen atoms in total. The minimum absolute atomic E-state index is 0.536. The molecular formula is C14H14Cl2N4. The molecular weight excluding hydrogens is 295 g/mol. The van der Waals surface area contributed by atoms with Gasteiger partial charge in [0.2, 0.25) is 0 Å². The van der Waals surface area contributed by atoms with Crippen molar-refractivity contribution in [2.45, 2.75) is 13.0 Å². The van der Waals surface area contributed by atoms with Gasteiger partial charge in [0.15, 0.2) is 0 Å². The van der Waals surface area contributed by atoms with Crippen molar-refractivity contribution in [2.24, 2.45) is 7.05 Å². The molecule has 0 amide bonds. The standard InChI is InChI=1S/C14H14Cl2N4/c1-19-8-10(7-17-19)9-20-13(5-6-15)18-12-4-2-3-11(16)14(12)20/h2-4,7-8H,5-6,9H2,1H3. The topological polar surface area (TPSA) is 35.6 Å². The molecule has 0 unspecified atom stereocenters. The summed E-state index contributed by atoms with van der Waals surface area (Å²) in [6, 6.07) is 5.77. The number of benzene rings is 1. The van der Waals surface area contributed by atoms with Crippen LogP contribution in [0.25, 0.3) is 11.0 Å². The van der Waals surface area contributed by atoms with Crippen LogP contribution in [-0.2, 0) is 20.0 Å². The SMILES string of the molecule is Cn1cc(Cn2c(CCCl)nc3cccc(Cl)c32)cn1. The molecule has 3 rings (SSSR count). The fourth-order valence-corrected chi connectivity index (χ4v) is 2.81. The van der Waals surface area contributed by atoms with Crippen molar-refractivity contribution in [3.63, 3.8) is 0 Å². The van der Waals surface area contributed by atoms with Gasteiger partial charge in [0, 0.05) is 31.1 Å². The molecule has 0 aliphatic carbocycles. The van der Waals surface area contributed by atoms with Crippen LogP contribution in [0, 0.1) is 0 Å². The van der Waals surface area contributed by atoms with E-state index in [-0.39, 0.29) is 0 Å². The quantitative estimate of drug-likeness (QED) is 0.694. The number of fused-ring (bicyclic) bond motifs is 1. The molecule has 0 aliphatic rings. The van der Waals surface area contributed by atoms with Crippen LogP contribution in [0.3, 0.4) is 0 Å². The monoisotopic (exact) mass is 308 g/mol. The average Bonchev–Trinajstić information content (AvgIpc) is 2.96. The second-order valence-corrected chi connectivity index (χ2v) is 5.47. The van der Waals surface area contributed by atoms with Gasteiger partial charge in [-0.3, -0.25) is 4.68 Å². The number of rotatable bonds is 4. The minimum Gasteiger partial charge on any atom is -0.322 e. The first kappa shape index (κ1) is 13.5. The molecule has 6 heteroatoms. The molecule has 1 aromatic carbocycles. The van der Waals surface area contributed by atoms with E-state index in [4.69, 9.17) is 23.2 Å². The van der Waals surface area contributed by atoms with E-state index in [2.05, 4.69) is 14.6 Å². The van der Waals surface area contributed by atoms with Gasteiger partial charge in [-0.05, 0) is 12.1 Å². The van der Waals surface area contributed by atoms with Crippen molar-refractivity contribution < 1.29 is 0 Å². The molecule has 0 N–H and O–H groups in total. The smallest absolute Gasteiger partial charge is 0.111 e. The van der Waals surface area contributed by atoms with Gasteiger partial charge in [0.25, 0.3) is 0 Å². The van der Waals surface area contributed by atoms with Gasteiger partial charge in [-0.25, -0.2) is 4.98 Å². The number of alkyl halides is 1. The van der Waals surface area contributed by atoms with E-state index in [9.17, 15) is 0 Å². The highest BCUT2D eigenvalue weighted by atomic mass is 35.5. The van der Waals surface area contributed by atoms with E-state index in [0.717, 1.165) is 22.4 Å². The summed E-state index contributed by atoms with van der Waals surface area (Å²) in [5.41, 5.74) is 2.97. The van der Waals surface area contributed by atoms with E-state index in [0.29, 0.717) is 23.9 Å². The number of nitrogens with zero attached hydrogens (tertiary/aromatic N) is 4.